The molecule has 1 aromatic heterocycles. The van der Waals surface area contributed by atoms with Gasteiger partial charge >= 0.3 is 0 Å². The number of sulfonamides is 1. The molecule has 1 unspecified atom stereocenters. The molecule has 16 heavy (non-hydrogen) atoms. The molecular formula is C9H14N4O2S. The highest BCUT2D eigenvalue weighted by atomic mass is 32.2. The van der Waals surface area contributed by atoms with Crippen LogP contribution in [0.3, 0.4) is 0 Å². The summed E-state index contributed by atoms with van der Waals surface area (Å²) >= 11 is 0. The maximum absolute atomic E-state index is 11.4. The Morgan fingerprint density at radius 3 is 2.88 bits per heavy atom. The summed E-state index contributed by atoms with van der Waals surface area (Å²) in [7, 11) is -1.71. The predicted molar refractivity (Wildman–Crippen MR) is 58.9 cm³/mol. The standard InChI is InChI=1S/C9H14N4O2S/c1-8(5-10)16(14,15)12-4-3-9-6-11-13(2)7-9/h6-8,12H,3-4H2,1-2H3. The van der Waals surface area contributed by atoms with Crippen molar-refractivity contribution in [3.8, 4) is 6.07 Å². The van der Waals surface area contributed by atoms with E-state index in [4.69, 9.17) is 5.26 Å². The van der Waals surface area contributed by atoms with Gasteiger partial charge in [-0.3, -0.25) is 4.68 Å². The van der Waals surface area contributed by atoms with Gasteiger partial charge in [0.2, 0.25) is 10.0 Å². The lowest BCUT2D eigenvalue weighted by Crippen LogP contribution is -2.33. The van der Waals surface area contributed by atoms with E-state index in [1.165, 1.54) is 6.92 Å². The molecule has 0 saturated carbocycles. The topological polar surface area (TPSA) is 87.8 Å². The maximum Gasteiger partial charge on any atom is 0.227 e. The number of nitrogens with one attached hydrogen (secondary N) is 1. The first-order valence-electron chi connectivity index (χ1n) is 4.81. The van der Waals surface area contributed by atoms with Gasteiger partial charge in [0.05, 0.1) is 12.3 Å². The van der Waals surface area contributed by atoms with E-state index in [-0.39, 0.29) is 6.54 Å². The Morgan fingerprint density at radius 1 is 1.69 bits per heavy atom. The van der Waals surface area contributed by atoms with Crippen LogP contribution >= 0.6 is 0 Å². The van der Waals surface area contributed by atoms with E-state index >= 15 is 0 Å². The number of nitriles is 1. The molecule has 88 valence electrons. The van der Waals surface area contributed by atoms with Crippen LogP contribution in [0.1, 0.15) is 12.5 Å². The minimum atomic E-state index is -3.51. The summed E-state index contributed by atoms with van der Waals surface area (Å²) in [6.07, 6.45) is 4.06. The van der Waals surface area contributed by atoms with Gasteiger partial charge < -0.3 is 0 Å². The summed E-state index contributed by atoms with van der Waals surface area (Å²) in [6.45, 7) is 1.63. The van der Waals surface area contributed by atoms with Crippen LogP contribution < -0.4 is 4.72 Å². The highest BCUT2D eigenvalue weighted by molar-refractivity contribution is 7.90. The van der Waals surface area contributed by atoms with Gasteiger partial charge in [-0.05, 0) is 18.9 Å². The predicted octanol–water partition coefficient (Wildman–Crippen LogP) is -0.206. The van der Waals surface area contributed by atoms with Crippen molar-refractivity contribution >= 4 is 10.0 Å². The zero-order chi connectivity index (χ0) is 12.2. The van der Waals surface area contributed by atoms with Crippen LogP contribution in [0.15, 0.2) is 12.4 Å². The van der Waals surface area contributed by atoms with Crippen LogP contribution in [0.2, 0.25) is 0 Å². The normalized spacial score (nSPS) is 13.3. The number of aromatic nitrogens is 2. The average molecular weight is 242 g/mol. The first kappa shape index (κ1) is 12.7. The minimum absolute atomic E-state index is 0.278. The van der Waals surface area contributed by atoms with Crippen LogP contribution in [-0.4, -0.2) is 30.0 Å². The quantitative estimate of drug-likeness (QED) is 0.774. The summed E-state index contributed by atoms with van der Waals surface area (Å²) in [5, 5.41) is 11.5. The Balaban J connectivity index is 2.45. The summed E-state index contributed by atoms with van der Waals surface area (Å²) in [5.41, 5.74) is 0.954. The second-order valence-corrected chi connectivity index (χ2v) is 5.57. The smallest absolute Gasteiger partial charge is 0.227 e. The number of hydrogen-bond acceptors (Lipinski definition) is 4. The number of nitrogens with zero attached hydrogens (tertiary/aromatic N) is 3. The van der Waals surface area contributed by atoms with E-state index in [2.05, 4.69) is 9.82 Å². The fourth-order valence-electron chi connectivity index (χ4n) is 1.13. The fraction of sp³-hybridized carbons (Fsp3) is 0.556. The molecule has 0 bridgehead atoms. The van der Waals surface area contributed by atoms with Crippen LogP contribution in [0.25, 0.3) is 0 Å². The van der Waals surface area contributed by atoms with Gasteiger partial charge in [-0.2, -0.15) is 10.4 Å². The van der Waals surface area contributed by atoms with E-state index in [0.29, 0.717) is 6.42 Å². The second kappa shape index (κ2) is 5.09. The molecule has 1 rings (SSSR count). The third kappa shape index (κ3) is 3.32. The van der Waals surface area contributed by atoms with Crippen molar-refractivity contribution in [3.63, 3.8) is 0 Å². The molecule has 0 aliphatic rings. The Kier molecular flexibility index (Phi) is 4.04. The lowest BCUT2D eigenvalue weighted by molar-refractivity contribution is 0.577. The molecule has 1 N–H and O–H groups in total. The molecule has 7 heteroatoms. The molecule has 0 amide bonds. The molecule has 0 spiro atoms. The molecule has 0 saturated heterocycles. The Bertz CT molecular complexity index is 486. The van der Waals surface area contributed by atoms with Crippen molar-refractivity contribution in [2.24, 2.45) is 7.05 Å². The number of rotatable bonds is 5. The van der Waals surface area contributed by atoms with Crippen molar-refractivity contribution in [2.45, 2.75) is 18.6 Å². The van der Waals surface area contributed by atoms with E-state index in [1.54, 1.807) is 24.0 Å². The number of aryl methyl sites for hydroxylation is 1. The first-order chi connectivity index (χ1) is 7.45. The summed E-state index contributed by atoms with van der Waals surface area (Å²) in [5.74, 6) is 0. The molecule has 1 atom stereocenters. The van der Waals surface area contributed by atoms with Gasteiger partial charge in [-0.15, -0.1) is 0 Å². The highest BCUT2D eigenvalue weighted by Crippen LogP contribution is 1.99. The van der Waals surface area contributed by atoms with Crippen molar-refractivity contribution in [1.82, 2.24) is 14.5 Å². The SMILES string of the molecule is CC(C#N)S(=O)(=O)NCCc1cnn(C)c1. The van der Waals surface area contributed by atoms with Crippen molar-refractivity contribution < 1.29 is 8.42 Å². The molecular weight excluding hydrogens is 228 g/mol. The van der Waals surface area contributed by atoms with Crippen molar-refractivity contribution in [3.05, 3.63) is 18.0 Å². The van der Waals surface area contributed by atoms with Crippen LogP contribution in [0.5, 0.6) is 0 Å². The van der Waals surface area contributed by atoms with Gasteiger partial charge in [-0.25, -0.2) is 13.1 Å². The van der Waals surface area contributed by atoms with Gasteiger partial charge in [-0.1, -0.05) is 0 Å². The molecule has 6 nitrogen and oxygen atoms in total. The van der Waals surface area contributed by atoms with Crippen LogP contribution in [0.4, 0.5) is 0 Å². The van der Waals surface area contributed by atoms with E-state index in [9.17, 15) is 8.42 Å². The number of hydrogen-bond donors (Lipinski definition) is 1. The fourth-order valence-corrected chi connectivity index (χ4v) is 1.91. The lowest BCUT2D eigenvalue weighted by atomic mass is 10.3. The molecule has 1 aromatic rings. The lowest BCUT2D eigenvalue weighted by Gasteiger charge is -2.06. The summed E-state index contributed by atoms with van der Waals surface area (Å²) in [4.78, 5) is 0. The average Bonchev–Trinajstić information content (AvgIpc) is 2.62. The van der Waals surface area contributed by atoms with Gasteiger partial charge in [0.1, 0.15) is 0 Å². The first-order valence-corrected chi connectivity index (χ1v) is 6.36. The van der Waals surface area contributed by atoms with Crippen molar-refractivity contribution in [1.29, 1.82) is 5.26 Å². The highest BCUT2D eigenvalue weighted by Gasteiger charge is 2.18. The third-order valence-corrected chi connectivity index (χ3v) is 3.77. The monoisotopic (exact) mass is 242 g/mol. The van der Waals surface area contributed by atoms with E-state index in [0.717, 1.165) is 5.56 Å². The minimum Gasteiger partial charge on any atom is -0.276 e. The molecule has 1 heterocycles. The molecule has 0 aliphatic heterocycles. The van der Waals surface area contributed by atoms with Crippen LogP contribution in [-0.2, 0) is 23.5 Å². The van der Waals surface area contributed by atoms with Gasteiger partial charge in [0.15, 0.2) is 5.25 Å². The molecule has 0 fully saturated rings. The Morgan fingerprint density at radius 2 is 2.38 bits per heavy atom. The zero-order valence-corrected chi connectivity index (χ0v) is 10.0. The molecule has 0 aliphatic carbocycles. The van der Waals surface area contributed by atoms with Gasteiger partial charge in [0, 0.05) is 19.8 Å². The third-order valence-electron chi connectivity index (χ3n) is 2.12. The van der Waals surface area contributed by atoms with Crippen molar-refractivity contribution in [2.75, 3.05) is 6.54 Å². The Hall–Kier alpha value is -1.39. The molecule has 0 radical (unpaired) electrons. The largest absolute Gasteiger partial charge is 0.276 e. The van der Waals surface area contributed by atoms with E-state index in [1.807, 2.05) is 6.20 Å². The summed E-state index contributed by atoms with van der Waals surface area (Å²) in [6, 6.07) is 1.69. The Labute approximate surface area is 94.9 Å². The zero-order valence-electron chi connectivity index (χ0n) is 9.21. The van der Waals surface area contributed by atoms with Gasteiger partial charge in [0.25, 0.3) is 0 Å². The van der Waals surface area contributed by atoms with Crippen LogP contribution in [0, 0.1) is 11.3 Å². The molecule has 0 aromatic carbocycles. The van der Waals surface area contributed by atoms with E-state index < -0.39 is 15.3 Å². The summed E-state index contributed by atoms with van der Waals surface area (Å²) < 4.78 is 26.8. The maximum atomic E-state index is 11.4. The second-order valence-electron chi connectivity index (χ2n) is 3.48.